The van der Waals surface area contributed by atoms with E-state index in [2.05, 4.69) is 58.8 Å². The Balaban J connectivity index is 1.56. The number of carboxylic acid groups (broad SMARTS) is 1. The van der Waals surface area contributed by atoms with Gasteiger partial charge in [-0.2, -0.15) is 4.68 Å². The van der Waals surface area contributed by atoms with Crippen LogP contribution in [0.3, 0.4) is 0 Å². The number of tetrazole rings is 1. The van der Waals surface area contributed by atoms with Gasteiger partial charge in [-0.15, -0.1) is 5.10 Å². The predicted octanol–water partition coefficient (Wildman–Crippen LogP) is 4.74. The minimum Gasteiger partial charge on any atom is -0.481 e. The van der Waals surface area contributed by atoms with E-state index in [-0.39, 0.29) is 41.7 Å². The first-order valence-corrected chi connectivity index (χ1v) is 14.9. The van der Waals surface area contributed by atoms with Crippen LogP contribution < -0.4 is 10.6 Å². The maximum Gasteiger partial charge on any atom is 0.305 e. The van der Waals surface area contributed by atoms with E-state index in [1.165, 1.54) is 4.68 Å². The number of carbonyl (C=O) groups excluding carboxylic acids is 2. The van der Waals surface area contributed by atoms with Gasteiger partial charge in [-0.05, 0) is 65.6 Å². The molecule has 2 aromatic carbocycles. The van der Waals surface area contributed by atoms with Gasteiger partial charge in [-0.1, -0.05) is 73.6 Å². The van der Waals surface area contributed by atoms with E-state index in [0.29, 0.717) is 27.1 Å². The van der Waals surface area contributed by atoms with Crippen molar-refractivity contribution in [3.63, 3.8) is 0 Å². The number of anilines is 1. The Kier molecular flexibility index (Phi) is 11.6. The number of nitrogens with zero attached hydrogens (tertiary/aromatic N) is 4. The zero-order chi connectivity index (χ0) is 31.8. The Morgan fingerprint density at radius 2 is 1.79 bits per heavy atom. The fraction of sp³-hybridized carbons (Fsp3) is 0.379. The van der Waals surface area contributed by atoms with Crippen LogP contribution in [0.4, 0.5) is 5.69 Å². The molecule has 0 radical (unpaired) electrons. The van der Waals surface area contributed by atoms with Crippen molar-refractivity contribution in [2.45, 2.75) is 57.2 Å². The van der Waals surface area contributed by atoms with Gasteiger partial charge in [0.1, 0.15) is 12.2 Å². The SMILES string of the molecule is CC(C)(C#Cc1ccc(NC(=O)CSc2nnnn2-c2ccc(C(C)(C)C)cc2Cl)c(Cl)c1)OCC(=O)NCCC(=O)O. The molecular formula is C29H32Cl2N6O5S. The number of aromatic nitrogens is 4. The number of thioether (sulfide) groups is 1. The van der Waals surface area contributed by atoms with Gasteiger partial charge in [0.05, 0.1) is 33.6 Å². The summed E-state index contributed by atoms with van der Waals surface area (Å²) in [6.45, 7) is 9.43. The van der Waals surface area contributed by atoms with Crippen LogP contribution in [0.1, 0.15) is 52.2 Å². The van der Waals surface area contributed by atoms with Crippen molar-refractivity contribution >= 4 is 58.4 Å². The highest BCUT2D eigenvalue weighted by molar-refractivity contribution is 7.99. The van der Waals surface area contributed by atoms with Crippen molar-refractivity contribution in [3.8, 4) is 17.5 Å². The minimum absolute atomic E-state index is 0.0175. The second-order valence-electron chi connectivity index (χ2n) is 10.9. The summed E-state index contributed by atoms with van der Waals surface area (Å²) in [5.74, 6) is 4.15. The molecule has 0 fully saturated rings. The number of amides is 2. The normalized spacial score (nSPS) is 11.4. The van der Waals surface area contributed by atoms with Crippen LogP contribution in [-0.2, 0) is 24.5 Å². The van der Waals surface area contributed by atoms with Gasteiger partial charge in [0.25, 0.3) is 0 Å². The third-order valence-electron chi connectivity index (χ3n) is 5.79. The van der Waals surface area contributed by atoms with E-state index in [0.717, 1.165) is 17.3 Å². The summed E-state index contributed by atoms with van der Waals surface area (Å²) < 4.78 is 7.04. The van der Waals surface area contributed by atoms with Gasteiger partial charge in [0.2, 0.25) is 17.0 Å². The largest absolute Gasteiger partial charge is 0.481 e. The fourth-order valence-corrected chi connectivity index (χ4v) is 4.61. The van der Waals surface area contributed by atoms with Crippen molar-refractivity contribution in [1.82, 2.24) is 25.5 Å². The molecule has 0 atom stereocenters. The maximum absolute atomic E-state index is 12.7. The smallest absolute Gasteiger partial charge is 0.305 e. The highest BCUT2D eigenvalue weighted by Crippen LogP contribution is 2.30. The van der Waals surface area contributed by atoms with E-state index in [4.69, 9.17) is 33.0 Å². The van der Waals surface area contributed by atoms with Crippen molar-refractivity contribution < 1.29 is 24.2 Å². The first-order chi connectivity index (χ1) is 20.1. The fourth-order valence-electron chi connectivity index (χ4n) is 3.44. The number of benzene rings is 2. The minimum atomic E-state index is -1.00. The van der Waals surface area contributed by atoms with Crippen LogP contribution in [-0.4, -0.2) is 67.6 Å². The van der Waals surface area contributed by atoms with E-state index in [1.807, 2.05) is 18.2 Å². The molecule has 43 heavy (non-hydrogen) atoms. The number of aliphatic carboxylic acids is 1. The molecule has 1 heterocycles. The summed E-state index contributed by atoms with van der Waals surface area (Å²) in [7, 11) is 0. The molecule has 228 valence electrons. The third-order valence-corrected chi connectivity index (χ3v) is 7.33. The Morgan fingerprint density at radius 1 is 1.05 bits per heavy atom. The number of hydrogen-bond donors (Lipinski definition) is 3. The van der Waals surface area contributed by atoms with Crippen LogP contribution >= 0.6 is 35.0 Å². The number of hydrogen-bond acceptors (Lipinski definition) is 8. The summed E-state index contributed by atoms with van der Waals surface area (Å²) in [5, 5.41) is 26.9. The van der Waals surface area contributed by atoms with Gasteiger partial charge < -0.3 is 20.5 Å². The first-order valence-electron chi connectivity index (χ1n) is 13.1. The number of carboxylic acids is 1. The lowest BCUT2D eigenvalue weighted by Gasteiger charge is -2.20. The number of halogens is 2. The van der Waals surface area contributed by atoms with Crippen LogP contribution in [0.5, 0.6) is 0 Å². The zero-order valence-corrected chi connectivity index (χ0v) is 26.7. The molecule has 0 spiro atoms. The summed E-state index contributed by atoms with van der Waals surface area (Å²) in [6.07, 6.45) is -0.173. The first kappa shape index (κ1) is 33.9. The van der Waals surface area contributed by atoms with Crippen molar-refractivity contribution in [3.05, 3.63) is 57.6 Å². The van der Waals surface area contributed by atoms with E-state index in [9.17, 15) is 14.4 Å². The number of nitrogens with one attached hydrogen (secondary N) is 2. The Hall–Kier alpha value is -3.63. The molecule has 0 aliphatic carbocycles. The van der Waals surface area contributed by atoms with Gasteiger partial charge >= 0.3 is 5.97 Å². The molecular weight excluding hydrogens is 615 g/mol. The van der Waals surface area contributed by atoms with E-state index in [1.54, 1.807) is 32.0 Å². The molecule has 3 rings (SSSR count). The average Bonchev–Trinajstić information content (AvgIpc) is 3.39. The standard InChI is InChI=1S/C29H32Cl2N6O5S/c1-28(2,3)19-7-9-23(21(31)15-19)37-27(34-35-36-37)43-17-25(39)33-22-8-6-18(14-20(22)30)10-12-29(4,5)42-16-24(38)32-13-11-26(40)41/h6-9,14-15H,11,13,16-17H2,1-5H3,(H,32,38)(H,33,39)(H,40,41). The van der Waals surface area contributed by atoms with Gasteiger partial charge in [-0.3, -0.25) is 14.4 Å². The number of ether oxygens (including phenoxy) is 1. The molecule has 0 bridgehead atoms. The van der Waals surface area contributed by atoms with E-state index < -0.39 is 17.5 Å². The molecule has 3 aromatic rings. The molecule has 0 aliphatic heterocycles. The quantitative estimate of drug-likeness (QED) is 0.198. The lowest BCUT2D eigenvalue weighted by Crippen LogP contribution is -2.34. The molecule has 0 unspecified atom stereocenters. The molecule has 0 saturated heterocycles. The van der Waals surface area contributed by atoms with Crippen molar-refractivity contribution in [1.29, 1.82) is 0 Å². The van der Waals surface area contributed by atoms with Crippen LogP contribution in [0.2, 0.25) is 10.0 Å². The summed E-state index contributed by atoms with van der Waals surface area (Å²) >= 11 is 14.1. The summed E-state index contributed by atoms with van der Waals surface area (Å²) in [4.78, 5) is 35.1. The van der Waals surface area contributed by atoms with Crippen molar-refractivity contribution in [2.75, 3.05) is 24.2 Å². The van der Waals surface area contributed by atoms with Crippen LogP contribution in [0, 0.1) is 11.8 Å². The molecule has 0 saturated carbocycles. The van der Waals surface area contributed by atoms with Gasteiger partial charge in [-0.25, -0.2) is 0 Å². The van der Waals surface area contributed by atoms with Gasteiger partial charge in [0, 0.05) is 12.1 Å². The number of carbonyl (C=O) groups is 3. The highest BCUT2D eigenvalue weighted by atomic mass is 35.5. The highest BCUT2D eigenvalue weighted by Gasteiger charge is 2.19. The molecule has 0 aliphatic rings. The van der Waals surface area contributed by atoms with Gasteiger partial charge in [0.15, 0.2) is 0 Å². The lowest BCUT2D eigenvalue weighted by atomic mass is 9.87. The topological polar surface area (TPSA) is 148 Å². The van der Waals surface area contributed by atoms with Crippen LogP contribution in [0.15, 0.2) is 41.6 Å². The molecule has 14 heteroatoms. The zero-order valence-electron chi connectivity index (χ0n) is 24.3. The Bertz CT molecular complexity index is 1560. The second kappa shape index (κ2) is 14.7. The molecule has 2 amide bonds. The Morgan fingerprint density at radius 3 is 2.44 bits per heavy atom. The summed E-state index contributed by atoms with van der Waals surface area (Å²) in [6, 6.07) is 10.6. The number of rotatable bonds is 11. The van der Waals surface area contributed by atoms with Crippen molar-refractivity contribution in [2.24, 2.45) is 0 Å². The molecule has 11 nitrogen and oxygen atoms in total. The third kappa shape index (κ3) is 10.5. The van der Waals surface area contributed by atoms with Crippen LogP contribution in [0.25, 0.3) is 5.69 Å². The van der Waals surface area contributed by atoms with E-state index >= 15 is 0 Å². The summed E-state index contributed by atoms with van der Waals surface area (Å²) in [5.41, 5.74) is 1.64. The molecule has 3 N–H and O–H groups in total. The predicted molar refractivity (Wildman–Crippen MR) is 166 cm³/mol. The lowest BCUT2D eigenvalue weighted by molar-refractivity contribution is -0.137. The second-order valence-corrected chi connectivity index (χ2v) is 12.6. The maximum atomic E-state index is 12.7. The molecule has 1 aromatic heterocycles. The Labute approximate surface area is 264 Å². The monoisotopic (exact) mass is 646 g/mol. The average molecular weight is 648 g/mol.